The largest absolute Gasteiger partial charge is 0.490 e. The first-order valence-electron chi connectivity index (χ1n) is 9.24. The van der Waals surface area contributed by atoms with Crippen LogP contribution in [0.2, 0.25) is 0 Å². The highest BCUT2D eigenvalue weighted by atomic mass is 16.5. The molecule has 27 heavy (non-hydrogen) atoms. The summed E-state index contributed by atoms with van der Waals surface area (Å²) in [5, 5.41) is 12.6. The van der Waals surface area contributed by atoms with Gasteiger partial charge in [-0.2, -0.15) is 0 Å². The number of nitrogens with two attached hydrogens (primary N) is 1. The SMILES string of the molecule is Cc1oc2ccc(OC3CC4CC4C3)cc2c1C(=O)NC(C)(CO)C(N)=O. The van der Waals surface area contributed by atoms with Crippen molar-refractivity contribution in [2.24, 2.45) is 17.6 Å². The maximum atomic E-state index is 12.8. The molecule has 2 amide bonds. The van der Waals surface area contributed by atoms with Crippen LogP contribution in [0.15, 0.2) is 22.6 Å². The van der Waals surface area contributed by atoms with Crippen LogP contribution in [-0.2, 0) is 4.79 Å². The Kier molecular flexibility index (Phi) is 4.14. The average molecular weight is 372 g/mol. The molecule has 0 saturated heterocycles. The molecular formula is C20H24N2O5. The fourth-order valence-electron chi connectivity index (χ4n) is 3.99. The van der Waals surface area contributed by atoms with Gasteiger partial charge in [0.15, 0.2) is 0 Å². The number of aryl methyl sites for hydroxylation is 1. The summed E-state index contributed by atoms with van der Waals surface area (Å²) >= 11 is 0. The van der Waals surface area contributed by atoms with Crippen LogP contribution in [-0.4, -0.2) is 35.2 Å². The summed E-state index contributed by atoms with van der Waals surface area (Å²) in [7, 11) is 0. The van der Waals surface area contributed by atoms with Crippen LogP contribution in [0.5, 0.6) is 5.75 Å². The smallest absolute Gasteiger partial charge is 0.256 e. The van der Waals surface area contributed by atoms with Crippen molar-refractivity contribution in [1.82, 2.24) is 5.32 Å². The van der Waals surface area contributed by atoms with Crippen molar-refractivity contribution in [3.05, 3.63) is 29.5 Å². The molecule has 7 heteroatoms. The molecule has 1 aromatic carbocycles. The topological polar surface area (TPSA) is 115 Å². The van der Waals surface area contributed by atoms with Gasteiger partial charge in [0, 0.05) is 5.39 Å². The fourth-order valence-corrected chi connectivity index (χ4v) is 3.99. The summed E-state index contributed by atoms with van der Waals surface area (Å²) in [6.45, 7) is 2.46. The lowest BCUT2D eigenvalue weighted by molar-refractivity contribution is -0.124. The van der Waals surface area contributed by atoms with Crippen LogP contribution >= 0.6 is 0 Å². The first kappa shape index (κ1) is 17.9. The monoisotopic (exact) mass is 372 g/mol. The average Bonchev–Trinajstić information content (AvgIpc) is 3.08. The van der Waals surface area contributed by atoms with E-state index in [9.17, 15) is 14.7 Å². The van der Waals surface area contributed by atoms with Crippen molar-refractivity contribution in [2.75, 3.05) is 6.61 Å². The number of hydrogen-bond donors (Lipinski definition) is 3. The zero-order valence-corrected chi connectivity index (χ0v) is 15.5. The zero-order valence-electron chi connectivity index (χ0n) is 15.5. The molecule has 4 N–H and O–H groups in total. The maximum Gasteiger partial charge on any atom is 0.256 e. The van der Waals surface area contributed by atoms with Gasteiger partial charge in [0.1, 0.15) is 22.6 Å². The quantitative estimate of drug-likeness (QED) is 0.716. The van der Waals surface area contributed by atoms with E-state index in [1.807, 2.05) is 6.07 Å². The highest BCUT2D eigenvalue weighted by molar-refractivity contribution is 6.09. The normalized spacial score (nSPS) is 25.7. The molecule has 3 unspecified atom stereocenters. The van der Waals surface area contributed by atoms with Gasteiger partial charge in [0.2, 0.25) is 5.91 Å². The van der Waals surface area contributed by atoms with Gasteiger partial charge in [-0.25, -0.2) is 0 Å². The molecule has 0 spiro atoms. The molecular weight excluding hydrogens is 348 g/mol. The molecule has 0 aliphatic heterocycles. The number of rotatable bonds is 6. The van der Waals surface area contributed by atoms with Crippen LogP contribution < -0.4 is 15.8 Å². The molecule has 7 nitrogen and oxygen atoms in total. The number of fused-ring (bicyclic) bond motifs is 2. The summed E-state index contributed by atoms with van der Waals surface area (Å²) in [5.41, 5.74) is 4.63. The molecule has 1 aromatic heterocycles. The van der Waals surface area contributed by atoms with E-state index in [4.69, 9.17) is 14.9 Å². The number of hydrogen-bond acceptors (Lipinski definition) is 5. The second kappa shape index (κ2) is 6.27. The van der Waals surface area contributed by atoms with E-state index >= 15 is 0 Å². The number of carbonyl (C=O) groups excluding carboxylic acids is 2. The Bertz CT molecular complexity index is 910. The summed E-state index contributed by atoms with van der Waals surface area (Å²) < 4.78 is 11.8. The third-order valence-corrected chi connectivity index (χ3v) is 5.82. The maximum absolute atomic E-state index is 12.8. The van der Waals surface area contributed by atoms with E-state index in [1.54, 1.807) is 19.1 Å². The van der Waals surface area contributed by atoms with Gasteiger partial charge in [0.25, 0.3) is 5.91 Å². The molecule has 3 atom stereocenters. The van der Waals surface area contributed by atoms with Gasteiger partial charge in [-0.05, 0) is 63.1 Å². The van der Waals surface area contributed by atoms with Gasteiger partial charge in [0.05, 0.1) is 18.3 Å². The predicted octanol–water partition coefficient (Wildman–Crippen LogP) is 1.88. The molecule has 144 valence electrons. The lowest BCUT2D eigenvalue weighted by Crippen LogP contribution is -2.57. The van der Waals surface area contributed by atoms with Gasteiger partial charge in [-0.1, -0.05) is 0 Å². The van der Waals surface area contributed by atoms with Gasteiger partial charge in [-0.15, -0.1) is 0 Å². The van der Waals surface area contributed by atoms with Crippen molar-refractivity contribution >= 4 is 22.8 Å². The van der Waals surface area contributed by atoms with Crippen molar-refractivity contribution in [1.29, 1.82) is 0 Å². The van der Waals surface area contributed by atoms with E-state index in [0.717, 1.165) is 24.7 Å². The minimum Gasteiger partial charge on any atom is -0.490 e. The van der Waals surface area contributed by atoms with E-state index in [-0.39, 0.29) is 6.10 Å². The van der Waals surface area contributed by atoms with Crippen molar-refractivity contribution < 1.29 is 23.8 Å². The van der Waals surface area contributed by atoms with Crippen LogP contribution in [0.4, 0.5) is 0 Å². The number of nitrogens with one attached hydrogen (secondary N) is 1. The highest BCUT2D eigenvalue weighted by Crippen LogP contribution is 2.52. The molecule has 0 radical (unpaired) electrons. The molecule has 1 heterocycles. The van der Waals surface area contributed by atoms with Gasteiger partial charge < -0.3 is 25.3 Å². The van der Waals surface area contributed by atoms with Gasteiger partial charge >= 0.3 is 0 Å². The van der Waals surface area contributed by atoms with Crippen LogP contribution in [0.1, 0.15) is 42.3 Å². The molecule has 2 aliphatic rings. The third kappa shape index (κ3) is 3.16. The number of carbonyl (C=O) groups is 2. The van der Waals surface area contributed by atoms with Crippen molar-refractivity contribution in [3.8, 4) is 5.75 Å². The molecule has 2 aromatic rings. The second-order valence-electron chi connectivity index (χ2n) is 7.97. The summed E-state index contributed by atoms with van der Waals surface area (Å²) in [4.78, 5) is 24.4. The van der Waals surface area contributed by atoms with Gasteiger partial charge in [-0.3, -0.25) is 9.59 Å². The molecule has 2 aliphatic carbocycles. The zero-order chi connectivity index (χ0) is 19.3. The first-order valence-corrected chi connectivity index (χ1v) is 9.24. The summed E-state index contributed by atoms with van der Waals surface area (Å²) in [5.74, 6) is 1.42. The lowest BCUT2D eigenvalue weighted by Gasteiger charge is -2.24. The van der Waals surface area contributed by atoms with Crippen LogP contribution in [0.25, 0.3) is 11.0 Å². The number of amides is 2. The number of aliphatic hydroxyl groups excluding tert-OH is 1. The lowest BCUT2D eigenvalue weighted by atomic mass is 10.0. The first-order chi connectivity index (χ1) is 12.8. The predicted molar refractivity (Wildman–Crippen MR) is 98.3 cm³/mol. The minimum absolute atomic E-state index is 0.226. The Morgan fingerprint density at radius 2 is 2.04 bits per heavy atom. The Balaban J connectivity index is 1.61. The highest BCUT2D eigenvalue weighted by Gasteiger charge is 2.46. The Hall–Kier alpha value is -2.54. The second-order valence-corrected chi connectivity index (χ2v) is 7.97. The number of benzene rings is 1. The standard InChI is InChI=1S/C20H24N2O5/c1-10-17(18(24)22-20(2,9-23)19(21)25)15-8-13(3-4-16(15)26-10)27-14-6-11-5-12(11)7-14/h3-4,8,11-12,14,23H,5-7,9H2,1-2H3,(H2,21,25)(H,22,24). The molecule has 2 fully saturated rings. The number of aliphatic hydroxyl groups is 1. The number of ether oxygens (including phenoxy) is 1. The Morgan fingerprint density at radius 1 is 1.33 bits per heavy atom. The molecule has 2 saturated carbocycles. The summed E-state index contributed by atoms with van der Waals surface area (Å²) in [6.07, 6.45) is 3.74. The molecule has 0 bridgehead atoms. The van der Waals surface area contributed by atoms with Crippen molar-refractivity contribution in [2.45, 2.75) is 44.8 Å². The minimum atomic E-state index is -1.55. The van der Waals surface area contributed by atoms with E-state index in [1.165, 1.54) is 13.3 Å². The van der Waals surface area contributed by atoms with Crippen LogP contribution in [0.3, 0.4) is 0 Å². The Labute approximate surface area is 156 Å². The van der Waals surface area contributed by atoms with Crippen LogP contribution in [0, 0.1) is 18.8 Å². The Morgan fingerprint density at radius 3 is 2.67 bits per heavy atom. The fraction of sp³-hybridized carbons (Fsp3) is 0.500. The van der Waals surface area contributed by atoms with E-state index in [0.29, 0.717) is 28.0 Å². The van der Waals surface area contributed by atoms with E-state index < -0.39 is 24.0 Å². The number of furan rings is 1. The van der Waals surface area contributed by atoms with Crippen molar-refractivity contribution in [3.63, 3.8) is 0 Å². The number of primary amides is 1. The molecule has 4 rings (SSSR count). The van der Waals surface area contributed by atoms with E-state index in [2.05, 4.69) is 5.32 Å². The third-order valence-electron chi connectivity index (χ3n) is 5.82. The summed E-state index contributed by atoms with van der Waals surface area (Å²) in [6, 6.07) is 5.42.